The highest BCUT2D eigenvalue weighted by Crippen LogP contribution is 2.25. The Kier molecular flexibility index (Phi) is 1.75. The van der Waals surface area contributed by atoms with Crippen LogP contribution in [0.2, 0.25) is 0 Å². The lowest BCUT2D eigenvalue weighted by Gasteiger charge is -1.95. The van der Waals surface area contributed by atoms with E-state index in [1.54, 1.807) is 0 Å². The fraction of sp³-hybridized carbons (Fsp3) is 0. The summed E-state index contributed by atoms with van der Waals surface area (Å²) >= 11 is 0. The van der Waals surface area contributed by atoms with Gasteiger partial charge in [-0.2, -0.15) is 0 Å². The number of nitro groups is 2. The molecule has 0 heterocycles. The van der Waals surface area contributed by atoms with E-state index in [9.17, 15) is 20.2 Å². The molecule has 13 heavy (non-hydrogen) atoms. The van der Waals surface area contributed by atoms with E-state index in [0.29, 0.717) is 0 Å². The predicted molar refractivity (Wildman–Crippen MR) is 44.2 cm³/mol. The summed E-state index contributed by atoms with van der Waals surface area (Å²) in [6, 6.07) is 1.17. The van der Waals surface area contributed by atoms with Gasteiger partial charge in [0.05, 0.1) is 17.3 Å². The summed E-state index contributed by atoms with van der Waals surface area (Å²) in [4.78, 5) is 19.0. The SMILES string of the molecule is [2H]c1cc([N+](=O)[O-])cc([N+](=O)[O-])c1N. The summed E-state index contributed by atoms with van der Waals surface area (Å²) in [7, 11) is 0. The topological polar surface area (TPSA) is 112 Å². The number of nitrogens with zero attached hydrogens (tertiary/aromatic N) is 2. The van der Waals surface area contributed by atoms with Crippen LogP contribution < -0.4 is 5.73 Å². The van der Waals surface area contributed by atoms with Crippen LogP contribution in [0.5, 0.6) is 0 Å². The zero-order chi connectivity index (χ0) is 10.9. The molecule has 1 rings (SSSR count). The Labute approximate surface area is 73.5 Å². The second kappa shape index (κ2) is 3.05. The van der Waals surface area contributed by atoms with Crippen LogP contribution in [0, 0.1) is 20.2 Å². The van der Waals surface area contributed by atoms with Gasteiger partial charge in [-0.15, -0.1) is 0 Å². The summed E-state index contributed by atoms with van der Waals surface area (Å²) in [5, 5.41) is 20.7. The van der Waals surface area contributed by atoms with Gasteiger partial charge in [0, 0.05) is 6.07 Å². The molecule has 7 heteroatoms. The molecular formula is C6H5N3O4. The van der Waals surface area contributed by atoms with Crippen LogP contribution in [0.15, 0.2) is 18.2 Å². The fourth-order valence-electron chi connectivity index (χ4n) is 0.742. The van der Waals surface area contributed by atoms with Crippen LogP contribution in [0.1, 0.15) is 1.37 Å². The molecule has 0 amide bonds. The van der Waals surface area contributed by atoms with Crippen LogP contribution >= 0.6 is 0 Å². The van der Waals surface area contributed by atoms with E-state index in [-0.39, 0.29) is 5.69 Å². The van der Waals surface area contributed by atoms with Crippen molar-refractivity contribution in [1.82, 2.24) is 0 Å². The molecule has 1 aromatic carbocycles. The molecule has 68 valence electrons. The molecule has 0 aliphatic carbocycles. The van der Waals surface area contributed by atoms with Crippen molar-refractivity contribution in [3.63, 3.8) is 0 Å². The third-order valence-electron chi connectivity index (χ3n) is 1.34. The molecule has 0 saturated carbocycles. The molecule has 0 fully saturated rings. The Hall–Kier alpha value is -2.18. The summed E-state index contributed by atoms with van der Waals surface area (Å²) in [5.41, 5.74) is 3.69. The lowest BCUT2D eigenvalue weighted by atomic mass is 10.2. The number of hydrogen-bond acceptors (Lipinski definition) is 5. The minimum absolute atomic E-state index is 0.374. The van der Waals surface area contributed by atoms with Crippen LogP contribution in [-0.2, 0) is 0 Å². The monoisotopic (exact) mass is 184 g/mol. The fourth-order valence-corrected chi connectivity index (χ4v) is 0.742. The highest BCUT2D eigenvalue weighted by molar-refractivity contribution is 5.62. The summed E-state index contributed by atoms with van der Waals surface area (Å²) in [6.07, 6.45) is 0. The number of nitrogen functional groups attached to an aromatic ring is 1. The van der Waals surface area contributed by atoms with Crippen LogP contribution in [0.25, 0.3) is 0 Å². The first-order chi connectivity index (χ1) is 6.43. The van der Waals surface area contributed by atoms with Gasteiger partial charge >= 0.3 is 0 Å². The number of rotatable bonds is 2. The van der Waals surface area contributed by atoms with Crippen molar-refractivity contribution in [3.05, 3.63) is 38.4 Å². The molecule has 0 bridgehead atoms. The van der Waals surface area contributed by atoms with Crippen LogP contribution in [-0.4, -0.2) is 9.85 Å². The van der Waals surface area contributed by atoms with Gasteiger partial charge in [-0.3, -0.25) is 20.2 Å². The van der Waals surface area contributed by atoms with Gasteiger partial charge in [-0.05, 0) is 6.04 Å². The molecule has 0 radical (unpaired) electrons. The number of benzene rings is 1. The maximum absolute atomic E-state index is 10.4. The van der Waals surface area contributed by atoms with Crippen molar-refractivity contribution < 1.29 is 11.2 Å². The summed E-state index contributed by atoms with van der Waals surface area (Å²) in [6.45, 7) is 0. The third kappa shape index (κ3) is 1.70. The van der Waals surface area contributed by atoms with Crippen molar-refractivity contribution in [2.75, 3.05) is 5.73 Å². The second-order valence-corrected chi connectivity index (χ2v) is 2.17. The minimum atomic E-state index is -0.861. The number of nitrogens with two attached hydrogens (primary N) is 1. The van der Waals surface area contributed by atoms with Gasteiger partial charge < -0.3 is 5.73 Å². The third-order valence-corrected chi connectivity index (χ3v) is 1.34. The lowest BCUT2D eigenvalue weighted by Crippen LogP contribution is -1.97. The van der Waals surface area contributed by atoms with Crippen molar-refractivity contribution >= 4 is 17.1 Å². The summed E-state index contributed by atoms with van der Waals surface area (Å²) in [5.74, 6) is 0. The molecule has 0 saturated heterocycles. The first-order valence-corrected chi connectivity index (χ1v) is 3.12. The van der Waals surface area contributed by atoms with Gasteiger partial charge in [0.15, 0.2) is 0 Å². The van der Waals surface area contributed by atoms with Crippen LogP contribution in [0.4, 0.5) is 17.1 Å². The summed E-state index contributed by atoms with van der Waals surface area (Å²) < 4.78 is 7.15. The van der Waals surface area contributed by atoms with E-state index >= 15 is 0 Å². The maximum atomic E-state index is 10.4. The van der Waals surface area contributed by atoms with Crippen molar-refractivity contribution in [2.24, 2.45) is 0 Å². The molecule has 0 unspecified atom stereocenters. The molecule has 0 aliphatic rings. The second-order valence-electron chi connectivity index (χ2n) is 2.17. The first-order valence-electron chi connectivity index (χ1n) is 3.62. The minimum Gasteiger partial charge on any atom is -0.393 e. The van der Waals surface area contributed by atoms with Gasteiger partial charge in [-0.25, -0.2) is 0 Å². The van der Waals surface area contributed by atoms with Crippen LogP contribution in [0.3, 0.4) is 0 Å². The van der Waals surface area contributed by atoms with E-state index in [1.807, 2.05) is 0 Å². The molecular weight excluding hydrogens is 178 g/mol. The van der Waals surface area contributed by atoms with E-state index in [4.69, 9.17) is 7.10 Å². The van der Waals surface area contributed by atoms with E-state index in [2.05, 4.69) is 0 Å². The molecule has 7 nitrogen and oxygen atoms in total. The molecule has 1 aromatic rings. The largest absolute Gasteiger partial charge is 0.393 e. The highest BCUT2D eigenvalue weighted by Gasteiger charge is 2.16. The van der Waals surface area contributed by atoms with Crippen molar-refractivity contribution in [3.8, 4) is 0 Å². The Morgan fingerprint density at radius 2 is 2.00 bits per heavy atom. The highest BCUT2D eigenvalue weighted by atomic mass is 16.6. The zero-order valence-corrected chi connectivity index (χ0v) is 6.26. The van der Waals surface area contributed by atoms with Gasteiger partial charge in [0.1, 0.15) is 5.69 Å². The van der Waals surface area contributed by atoms with Crippen molar-refractivity contribution in [1.29, 1.82) is 0 Å². The number of nitro benzene ring substituents is 2. The molecule has 0 aromatic heterocycles. The average molecular weight is 184 g/mol. The first kappa shape index (κ1) is 7.47. The van der Waals surface area contributed by atoms with E-state index < -0.39 is 27.3 Å². The number of non-ortho nitro benzene ring substituents is 1. The Bertz CT molecular complexity index is 420. The van der Waals surface area contributed by atoms with E-state index in [0.717, 1.165) is 12.1 Å². The van der Waals surface area contributed by atoms with Crippen molar-refractivity contribution in [2.45, 2.75) is 0 Å². The number of anilines is 1. The van der Waals surface area contributed by atoms with Gasteiger partial charge in [0.25, 0.3) is 11.4 Å². The molecule has 0 atom stereocenters. The Balaban J connectivity index is 3.43. The smallest absolute Gasteiger partial charge is 0.298 e. The standard InChI is InChI=1S/C6H5N3O4/c7-5-2-1-4(8(10)11)3-6(5)9(12)13/h1-3H,7H2/i2D. The number of hydrogen-bond donors (Lipinski definition) is 1. The predicted octanol–water partition coefficient (Wildman–Crippen LogP) is 1.09. The van der Waals surface area contributed by atoms with Gasteiger partial charge in [0.2, 0.25) is 0 Å². The maximum Gasteiger partial charge on any atom is 0.298 e. The Morgan fingerprint density at radius 1 is 1.38 bits per heavy atom. The Morgan fingerprint density at radius 3 is 2.46 bits per heavy atom. The zero-order valence-electron chi connectivity index (χ0n) is 7.26. The lowest BCUT2D eigenvalue weighted by molar-refractivity contribution is -0.393. The molecule has 2 N–H and O–H groups in total. The molecule has 0 spiro atoms. The quantitative estimate of drug-likeness (QED) is 0.419. The van der Waals surface area contributed by atoms with Gasteiger partial charge in [-0.1, -0.05) is 0 Å². The van der Waals surface area contributed by atoms with E-state index in [1.165, 1.54) is 0 Å². The normalized spacial score (nSPS) is 10.6. The average Bonchev–Trinajstić information content (AvgIpc) is 2.08. The molecule has 0 aliphatic heterocycles.